The van der Waals surface area contributed by atoms with E-state index in [2.05, 4.69) is 16.5 Å². The third-order valence-electron chi connectivity index (χ3n) is 4.82. The van der Waals surface area contributed by atoms with Crippen LogP contribution >= 0.6 is 0 Å². The standard InChI is InChI=1S/C22H26N4O4S/c1-4-30-22(27)19-13-25-26(20-10-5-15(2)11-16(20)3)21(19)14-24-12-17-6-8-18(9-7-17)31(23,28)29/h5-11,13,24H,4,12,14H2,1-3H3,(H2,23,28,29). The largest absolute Gasteiger partial charge is 0.462 e. The van der Waals surface area contributed by atoms with Crippen LogP contribution in [-0.4, -0.2) is 30.8 Å². The summed E-state index contributed by atoms with van der Waals surface area (Å²) in [5, 5.41) is 12.9. The minimum Gasteiger partial charge on any atom is -0.462 e. The predicted molar refractivity (Wildman–Crippen MR) is 117 cm³/mol. The lowest BCUT2D eigenvalue weighted by atomic mass is 10.1. The van der Waals surface area contributed by atoms with E-state index in [1.807, 2.05) is 26.0 Å². The highest BCUT2D eigenvalue weighted by Crippen LogP contribution is 2.20. The molecule has 3 aromatic rings. The molecule has 0 atom stereocenters. The van der Waals surface area contributed by atoms with Gasteiger partial charge in [0.05, 0.1) is 29.1 Å². The van der Waals surface area contributed by atoms with Crippen molar-refractivity contribution in [1.29, 1.82) is 0 Å². The third kappa shape index (κ3) is 5.38. The van der Waals surface area contributed by atoms with E-state index in [4.69, 9.17) is 9.88 Å². The van der Waals surface area contributed by atoms with E-state index in [-0.39, 0.29) is 11.5 Å². The fourth-order valence-corrected chi connectivity index (χ4v) is 3.81. The number of sulfonamides is 1. The number of nitrogens with zero attached hydrogens (tertiary/aromatic N) is 2. The monoisotopic (exact) mass is 442 g/mol. The summed E-state index contributed by atoms with van der Waals surface area (Å²) in [4.78, 5) is 12.5. The molecule has 0 amide bonds. The van der Waals surface area contributed by atoms with Gasteiger partial charge in [-0.05, 0) is 50.1 Å². The van der Waals surface area contributed by atoms with Crippen LogP contribution in [0.4, 0.5) is 0 Å². The Kier molecular flexibility index (Phi) is 6.89. The molecule has 0 aliphatic rings. The summed E-state index contributed by atoms with van der Waals surface area (Å²) < 4.78 is 29.7. The molecule has 8 nitrogen and oxygen atoms in total. The molecule has 0 unspecified atom stereocenters. The second-order valence-corrected chi connectivity index (χ2v) is 8.78. The number of rotatable bonds is 8. The maximum Gasteiger partial charge on any atom is 0.341 e. The molecular weight excluding hydrogens is 416 g/mol. The maximum atomic E-state index is 12.4. The molecule has 0 aliphatic carbocycles. The Morgan fingerprint density at radius 2 is 1.84 bits per heavy atom. The zero-order valence-electron chi connectivity index (χ0n) is 17.8. The molecule has 1 aromatic heterocycles. The molecule has 3 N–H and O–H groups in total. The minimum absolute atomic E-state index is 0.0637. The molecule has 2 aromatic carbocycles. The Morgan fingerprint density at radius 1 is 1.13 bits per heavy atom. The molecule has 9 heteroatoms. The van der Waals surface area contributed by atoms with Gasteiger partial charge in [-0.2, -0.15) is 5.10 Å². The number of hydrogen-bond donors (Lipinski definition) is 2. The van der Waals surface area contributed by atoms with Crippen molar-refractivity contribution in [3.05, 3.63) is 76.6 Å². The van der Waals surface area contributed by atoms with Crippen LogP contribution in [0.2, 0.25) is 0 Å². The first-order chi connectivity index (χ1) is 14.7. The van der Waals surface area contributed by atoms with Gasteiger partial charge in [-0.3, -0.25) is 0 Å². The minimum atomic E-state index is -3.72. The number of nitrogens with two attached hydrogens (primary N) is 1. The molecule has 3 rings (SSSR count). The molecule has 31 heavy (non-hydrogen) atoms. The third-order valence-corrected chi connectivity index (χ3v) is 5.75. The van der Waals surface area contributed by atoms with Gasteiger partial charge in [0.25, 0.3) is 0 Å². The van der Waals surface area contributed by atoms with Gasteiger partial charge in [0.1, 0.15) is 5.56 Å². The van der Waals surface area contributed by atoms with E-state index in [9.17, 15) is 13.2 Å². The van der Waals surface area contributed by atoms with Gasteiger partial charge >= 0.3 is 5.97 Å². The zero-order valence-corrected chi connectivity index (χ0v) is 18.6. The molecule has 0 bridgehead atoms. The van der Waals surface area contributed by atoms with Crippen molar-refractivity contribution >= 4 is 16.0 Å². The molecule has 0 aliphatic heterocycles. The van der Waals surface area contributed by atoms with Crippen LogP contribution in [-0.2, 0) is 27.8 Å². The van der Waals surface area contributed by atoms with Crippen LogP contribution in [0.25, 0.3) is 5.69 Å². The fourth-order valence-electron chi connectivity index (χ4n) is 3.30. The Labute approximate surface area is 182 Å². The van der Waals surface area contributed by atoms with Crippen LogP contribution in [0.5, 0.6) is 0 Å². The first kappa shape index (κ1) is 22.7. The first-order valence-corrected chi connectivity index (χ1v) is 11.4. The average Bonchev–Trinajstić information content (AvgIpc) is 3.11. The Hall–Kier alpha value is -3.01. The van der Waals surface area contributed by atoms with Gasteiger partial charge in [-0.25, -0.2) is 23.0 Å². The Morgan fingerprint density at radius 3 is 2.45 bits per heavy atom. The van der Waals surface area contributed by atoms with Crippen molar-refractivity contribution in [2.24, 2.45) is 5.14 Å². The lowest BCUT2D eigenvalue weighted by molar-refractivity contribution is 0.0525. The number of carbonyl (C=O) groups excluding carboxylic acids is 1. The average molecular weight is 443 g/mol. The molecule has 0 radical (unpaired) electrons. The van der Waals surface area contributed by atoms with E-state index >= 15 is 0 Å². The van der Waals surface area contributed by atoms with Gasteiger partial charge in [0, 0.05) is 13.1 Å². The molecule has 0 fully saturated rings. The summed E-state index contributed by atoms with van der Waals surface area (Å²) in [6.07, 6.45) is 1.52. The Balaban J connectivity index is 1.84. The van der Waals surface area contributed by atoms with Crippen LogP contribution in [0.15, 0.2) is 53.6 Å². The molecule has 0 spiro atoms. The number of ether oxygens (including phenoxy) is 1. The van der Waals surface area contributed by atoms with Crippen LogP contribution < -0.4 is 10.5 Å². The van der Waals surface area contributed by atoms with E-state index in [1.165, 1.54) is 18.3 Å². The van der Waals surface area contributed by atoms with Crippen molar-refractivity contribution in [2.75, 3.05) is 6.61 Å². The van der Waals surface area contributed by atoms with Crippen LogP contribution in [0.1, 0.15) is 39.7 Å². The quantitative estimate of drug-likeness (QED) is 0.518. The summed E-state index contributed by atoms with van der Waals surface area (Å²) in [5.74, 6) is -0.423. The molecule has 164 valence electrons. The van der Waals surface area contributed by atoms with Crippen LogP contribution in [0, 0.1) is 13.8 Å². The second-order valence-electron chi connectivity index (χ2n) is 7.22. The van der Waals surface area contributed by atoms with Gasteiger partial charge in [0.15, 0.2) is 0 Å². The number of primary sulfonamides is 1. The lowest BCUT2D eigenvalue weighted by Crippen LogP contribution is -2.19. The first-order valence-electron chi connectivity index (χ1n) is 9.84. The molecule has 0 saturated heterocycles. The fraction of sp³-hybridized carbons (Fsp3) is 0.273. The maximum absolute atomic E-state index is 12.4. The number of nitrogens with one attached hydrogen (secondary N) is 1. The van der Waals surface area contributed by atoms with Crippen molar-refractivity contribution in [1.82, 2.24) is 15.1 Å². The van der Waals surface area contributed by atoms with E-state index in [1.54, 1.807) is 23.7 Å². The number of hydrogen-bond acceptors (Lipinski definition) is 6. The SMILES string of the molecule is CCOC(=O)c1cnn(-c2ccc(C)cc2C)c1CNCc1ccc(S(N)(=O)=O)cc1. The molecule has 1 heterocycles. The summed E-state index contributed by atoms with van der Waals surface area (Å²) >= 11 is 0. The van der Waals surface area contributed by atoms with Crippen molar-refractivity contribution in [2.45, 2.75) is 38.8 Å². The lowest BCUT2D eigenvalue weighted by Gasteiger charge is -2.13. The van der Waals surface area contributed by atoms with Gasteiger partial charge in [-0.15, -0.1) is 0 Å². The summed E-state index contributed by atoms with van der Waals surface area (Å²) in [5.41, 5.74) is 5.03. The van der Waals surface area contributed by atoms with Crippen LogP contribution in [0.3, 0.4) is 0 Å². The summed E-state index contributed by atoms with van der Waals surface area (Å²) in [6.45, 7) is 6.88. The summed E-state index contributed by atoms with van der Waals surface area (Å²) in [7, 11) is -3.72. The molecular formula is C22H26N4O4S. The van der Waals surface area contributed by atoms with Crippen molar-refractivity contribution in [3.8, 4) is 5.69 Å². The normalized spacial score (nSPS) is 11.5. The van der Waals surface area contributed by atoms with E-state index in [0.717, 1.165) is 22.4 Å². The summed E-state index contributed by atoms with van der Waals surface area (Å²) in [6, 6.07) is 12.4. The second kappa shape index (κ2) is 9.42. The smallest absolute Gasteiger partial charge is 0.341 e. The predicted octanol–water partition coefficient (Wildman–Crippen LogP) is 2.60. The van der Waals surface area contributed by atoms with Gasteiger partial charge < -0.3 is 10.1 Å². The number of carbonyl (C=O) groups is 1. The highest BCUT2D eigenvalue weighted by Gasteiger charge is 2.20. The highest BCUT2D eigenvalue weighted by atomic mass is 32.2. The number of esters is 1. The van der Waals surface area contributed by atoms with E-state index < -0.39 is 16.0 Å². The Bertz CT molecular complexity index is 1180. The number of aryl methyl sites for hydroxylation is 2. The van der Waals surface area contributed by atoms with Crippen molar-refractivity contribution < 1.29 is 17.9 Å². The van der Waals surface area contributed by atoms with Crippen molar-refractivity contribution in [3.63, 3.8) is 0 Å². The highest BCUT2D eigenvalue weighted by molar-refractivity contribution is 7.89. The van der Waals surface area contributed by atoms with E-state index in [0.29, 0.717) is 24.3 Å². The van der Waals surface area contributed by atoms with Gasteiger partial charge in [0.2, 0.25) is 10.0 Å². The van der Waals surface area contributed by atoms with Gasteiger partial charge in [-0.1, -0.05) is 29.8 Å². The zero-order chi connectivity index (χ0) is 22.6. The topological polar surface area (TPSA) is 116 Å². The number of benzene rings is 2. The molecule has 0 saturated carbocycles. The number of aromatic nitrogens is 2.